The van der Waals surface area contributed by atoms with Crippen LogP contribution in [-0.4, -0.2) is 48.2 Å². The fraction of sp³-hybridized carbons (Fsp3) is 0.548. The van der Waals surface area contributed by atoms with E-state index in [1.54, 1.807) is 32.7 Å². The summed E-state index contributed by atoms with van der Waals surface area (Å²) in [4.78, 5) is 26.5. The number of carbonyl (C=O) groups excluding carboxylic acids is 2. The third-order valence-corrected chi connectivity index (χ3v) is 7.56. The number of likely N-dealkylation sites (N-methyl/N-ethyl adjacent to an activating group) is 1. The van der Waals surface area contributed by atoms with Crippen LogP contribution in [0.15, 0.2) is 42.5 Å². The molecule has 9 heteroatoms. The van der Waals surface area contributed by atoms with Crippen LogP contribution in [0.4, 0.5) is 18.0 Å². The third-order valence-electron chi connectivity index (χ3n) is 7.56. The summed E-state index contributed by atoms with van der Waals surface area (Å²) in [7, 11) is 1.74. The van der Waals surface area contributed by atoms with Gasteiger partial charge in [0.15, 0.2) is 5.60 Å². The highest BCUT2D eigenvalue weighted by Crippen LogP contribution is 2.33. The number of alkyl halides is 3. The summed E-state index contributed by atoms with van der Waals surface area (Å²) in [5.74, 6) is 0.252. The Hall–Kier alpha value is -3.23. The molecule has 2 aromatic carbocycles. The van der Waals surface area contributed by atoms with Crippen LogP contribution in [0.5, 0.6) is 5.75 Å². The van der Waals surface area contributed by atoms with E-state index in [0.29, 0.717) is 25.1 Å². The molecule has 1 N–H and O–H groups in total. The van der Waals surface area contributed by atoms with Gasteiger partial charge in [-0.1, -0.05) is 37.6 Å². The Balaban J connectivity index is 1.74. The van der Waals surface area contributed by atoms with Crippen molar-refractivity contribution in [2.24, 2.45) is 0 Å². The lowest BCUT2D eigenvalue weighted by molar-refractivity contribution is -0.158. The van der Waals surface area contributed by atoms with Gasteiger partial charge in [0.25, 0.3) is 0 Å². The van der Waals surface area contributed by atoms with E-state index >= 15 is 0 Å². The number of halogens is 3. The van der Waals surface area contributed by atoms with Gasteiger partial charge in [0, 0.05) is 13.6 Å². The molecule has 0 aliphatic carbocycles. The molecule has 6 nitrogen and oxygen atoms in total. The molecule has 2 aromatic rings. The number of ether oxygens (including phenoxy) is 2. The number of carbonyl (C=O) groups is 2. The van der Waals surface area contributed by atoms with Crippen LogP contribution < -0.4 is 10.1 Å². The van der Waals surface area contributed by atoms with E-state index in [1.807, 2.05) is 12.1 Å². The molecule has 1 heterocycles. The number of aryl methyl sites for hydroxylation is 2. The highest BCUT2D eigenvalue weighted by atomic mass is 19.4. The Kier molecular flexibility index (Phi) is 10.1. The van der Waals surface area contributed by atoms with Crippen molar-refractivity contribution in [1.82, 2.24) is 10.2 Å². The maximum atomic E-state index is 13.0. The van der Waals surface area contributed by atoms with Crippen LogP contribution in [0.1, 0.15) is 75.6 Å². The number of rotatable bonds is 13. The average Bonchev–Trinajstić information content (AvgIpc) is 3.17. The fourth-order valence-corrected chi connectivity index (χ4v) is 5.10. The minimum atomic E-state index is -4.39. The standard InChI is InChI=1S/C31H41F3N2O4/c1-6-8-11-24-19-22(14-17-26(24)40-29(3,4)27(37)39-7-2)10-9-18-30(21-35-28(38)36(30)5)20-23-12-15-25(16-13-23)31(32,33)34/h12-17,19H,6-11,18,20-21H2,1-5H3,(H,35,38). The fourth-order valence-electron chi connectivity index (χ4n) is 5.10. The molecule has 220 valence electrons. The summed E-state index contributed by atoms with van der Waals surface area (Å²) in [6.45, 7) is 8.00. The SMILES string of the molecule is CCCCc1cc(CCCC2(Cc3ccc(C(F)(F)F)cc3)CNC(=O)N2C)ccc1OC(C)(C)C(=O)OCC. The van der Waals surface area contributed by atoms with E-state index < -0.39 is 28.8 Å². The van der Waals surface area contributed by atoms with Crippen LogP contribution in [0.2, 0.25) is 0 Å². The van der Waals surface area contributed by atoms with Gasteiger partial charge < -0.3 is 19.7 Å². The van der Waals surface area contributed by atoms with Crippen LogP contribution in [0, 0.1) is 0 Å². The largest absolute Gasteiger partial charge is 0.476 e. The number of nitrogens with zero attached hydrogens (tertiary/aromatic N) is 1. The van der Waals surface area contributed by atoms with Crippen molar-refractivity contribution in [2.45, 2.75) is 90.0 Å². The van der Waals surface area contributed by atoms with E-state index in [1.165, 1.54) is 12.1 Å². The first-order valence-electron chi connectivity index (χ1n) is 14.0. The average molecular weight is 563 g/mol. The lowest BCUT2D eigenvalue weighted by Crippen LogP contribution is -2.46. The van der Waals surface area contributed by atoms with Crippen LogP contribution in [0.25, 0.3) is 0 Å². The summed E-state index contributed by atoms with van der Waals surface area (Å²) in [6.07, 6.45) is 1.11. The number of urea groups is 1. The van der Waals surface area contributed by atoms with E-state index in [4.69, 9.17) is 9.47 Å². The van der Waals surface area contributed by atoms with Crippen LogP contribution in [0.3, 0.4) is 0 Å². The van der Waals surface area contributed by atoms with Crippen molar-refractivity contribution in [3.63, 3.8) is 0 Å². The topological polar surface area (TPSA) is 67.9 Å². The summed E-state index contributed by atoms with van der Waals surface area (Å²) >= 11 is 0. The van der Waals surface area contributed by atoms with E-state index in [2.05, 4.69) is 18.3 Å². The number of unbranched alkanes of at least 4 members (excludes halogenated alkanes) is 1. The molecule has 3 rings (SSSR count). The second kappa shape index (κ2) is 13.0. The maximum Gasteiger partial charge on any atom is 0.416 e. The van der Waals surface area contributed by atoms with Crippen molar-refractivity contribution in [3.8, 4) is 5.75 Å². The van der Waals surface area contributed by atoms with Gasteiger partial charge in [0.1, 0.15) is 5.75 Å². The van der Waals surface area contributed by atoms with E-state index in [-0.39, 0.29) is 12.6 Å². The van der Waals surface area contributed by atoms with Gasteiger partial charge in [-0.05, 0) is 94.2 Å². The second-order valence-corrected chi connectivity index (χ2v) is 11.0. The number of esters is 1. The molecule has 1 saturated heterocycles. The Morgan fingerprint density at radius 1 is 1.02 bits per heavy atom. The first kappa shape index (κ1) is 31.3. The molecule has 1 aliphatic rings. The van der Waals surface area contributed by atoms with Gasteiger partial charge in [-0.3, -0.25) is 0 Å². The minimum Gasteiger partial charge on any atom is -0.476 e. The Morgan fingerprint density at radius 3 is 2.27 bits per heavy atom. The van der Waals surface area contributed by atoms with Gasteiger partial charge in [0.05, 0.1) is 17.7 Å². The quantitative estimate of drug-likeness (QED) is 0.275. The lowest BCUT2D eigenvalue weighted by atomic mass is 9.84. The summed E-state index contributed by atoms with van der Waals surface area (Å²) in [5, 5.41) is 2.90. The summed E-state index contributed by atoms with van der Waals surface area (Å²) < 4.78 is 50.4. The maximum absolute atomic E-state index is 13.0. The molecular weight excluding hydrogens is 521 g/mol. The van der Waals surface area contributed by atoms with E-state index in [0.717, 1.165) is 60.9 Å². The van der Waals surface area contributed by atoms with Crippen molar-refractivity contribution >= 4 is 12.0 Å². The molecular formula is C31H41F3N2O4. The summed E-state index contributed by atoms with van der Waals surface area (Å²) in [5.41, 5.74) is 0.577. The zero-order valence-corrected chi connectivity index (χ0v) is 24.1. The highest BCUT2D eigenvalue weighted by Gasteiger charge is 2.43. The van der Waals surface area contributed by atoms with Crippen molar-refractivity contribution in [1.29, 1.82) is 0 Å². The second-order valence-electron chi connectivity index (χ2n) is 11.0. The summed E-state index contributed by atoms with van der Waals surface area (Å²) in [6, 6.07) is 11.0. The Labute approximate surface area is 235 Å². The molecule has 1 atom stereocenters. The van der Waals surface area contributed by atoms with Crippen molar-refractivity contribution < 1.29 is 32.2 Å². The molecule has 0 radical (unpaired) electrons. The van der Waals surface area contributed by atoms with Crippen LogP contribution in [-0.2, 0) is 35.0 Å². The molecule has 0 bridgehead atoms. The normalized spacial score (nSPS) is 17.6. The van der Waals surface area contributed by atoms with Crippen molar-refractivity contribution in [3.05, 3.63) is 64.7 Å². The van der Waals surface area contributed by atoms with Gasteiger partial charge in [0.2, 0.25) is 0 Å². The lowest BCUT2D eigenvalue weighted by Gasteiger charge is -2.35. The zero-order valence-electron chi connectivity index (χ0n) is 24.1. The third kappa shape index (κ3) is 7.70. The van der Waals surface area contributed by atoms with Crippen molar-refractivity contribution in [2.75, 3.05) is 20.2 Å². The Bertz CT molecular complexity index is 1160. The predicted octanol–water partition coefficient (Wildman–Crippen LogP) is 6.73. The molecule has 0 saturated carbocycles. The van der Waals surface area contributed by atoms with Gasteiger partial charge in [-0.2, -0.15) is 13.2 Å². The number of hydrogen-bond acceptors (Lipinski definition) is 4. The minimum absolute atomic E-state index is 0.181. The molecule has 1 aliphatic heterocycles. The van der Waals surface area contributed by atoms with Crippen LogP contribution >= 0.6 is 0 Å². The number of amides is 2. The molecule has 0 aromatic heterocycles. The molecule has 0 spiro atoms. The molecule has 40 heavy (non-hydrogen) atoms. The number of benzene rings is 2. The van der Waals surface area contributed by atoms with Gasteiger partial charge in [-0.15, -0.1) is 0 Å². The first-order chi connectivity index (χ1) is 18.8. The predicted molar refractivity (Wildman–Crippen MR) is 148 cm³/mol. The zero-order chi connectivity index (χ0) is 29.6. The van der Waals surface area contributed by atoms with Gasteiger partial charge in [-0.25, -0.2) is 9.59 Å². The number of nitrogens with one attached hydrogen (secondary N) is 1. The Morgan fingerprint density at radius 2 is 1.70 bits per heavy atom. The molecule has 1 unspecified atom stereocenters. The smallest absolute Gasteiger partial charge is 0.416 e. The number of hydrogen-bond donors (Lipinski definition) is 1. The van der Waals surface area contributed by atoms with E-state index in [9.17, 15) is 22.8 Å². The monoisotopic (exact) mass is 562 g/mol. The molecule has 2 amide bonds. The first-order valence-corrected chi connectivity index (χ1v) is 14.0. The van der Waals surface area contributed by atoms with Gasteiger partial charge >= 0.3 is 18.2 Å². The highest BCUT2D eigenvalue weighted by molar-refractivity contribution is 5.79. The molecule has 1 fully saturated rings.